The Morgan fingerprint density at radius 1 is 1.12 bits per heavy atom. The molecular weight excluding hydrogens is 204 g/mol. The average molecular weight is 228 g/mol. The molecule has 16 heavy (non-hydrogen) atoms. The SMILES string of the molecule is C[C@@H]1CC(O)C[C@H](C)C1OC1CCCCO1. The van der Waals surface area contributed by atoms with Gasteiger partial charge in [0.1, 0.15) is 0 Å². The van der Waals surface area contributed by atoms with Crippen LogP contribution in [0.15, 0.2) is 0 Å². The Hall–Kier alpha value is -0.120. The van der Waals surface area contributed by atoms with Crippen LogP contribution < -0.4 is 0 Å². The molecule has 0 spiro atoms. The quantitative estimate of drug-likeness (QED) is 0.788. The van der Waals surface area contributed by atoms with E-state index in [2.05, 4.69) is 13.8 Å². The van der Waals surface area contributed by atoms with Crippen LogP contribution >= 0.6 is 0 Å². The molecule has 94 valence electrons. The Morgan fingerprint density at radius 2 is 1.81 bits per heavy atom. The van der Waals surface area contributed by atoms with Gasteiger partial charge in [-0.15, -0.1) is 0 Å². The van der Waals surface area contributed by atoms with E-state index < -0.39 is 0 Å². The average Bonchev–Trinajstić information content (AvgIpc) is 2.25. The lowest BCUT2D eigenvalue weighted by Gasteiger charge is -2.39. The summed E-state index contributed by atoms with van der Waals surface area (Å²) in [5.41, 5.74) is 0. The molecule has 1 N–H and O–H groups in total. The van der Waals surface area contributed by atoms with E-state index in [4.69, 9.17) is 9.47 Å². The van der Waals surface area contributed by atoms with Crippen molar-refractivity contribution in [2.75, 3.05) is 6.61 Å². The highest BCUT2D eigenvalue weighted by Crippen LogP contribution is 2.33. The highest BCUT2D eigenvalue weighted by Gasteiger charge is 2.35. The second-order valence-corrected chi connectivity index (χ2v) is 5.48. The van der Waals surface area contributed by atoms with Gasteiger partial charge in [-0.1, -0.05) is 13.8 Å². The normalized spacial score (nSPS) is 45.6. The van der Waals surface area contributed by atoms with Crippen LogP contribution in [0.4, 0.5) is 0 Å². The second-order valence-electron chi connectivity index (χ2n) is 5.48. The molecule has 1 heterocycles. The van der Waals surface area contributed by atoms with Crippen molar-refractivity contribution in [3.05, 3.63) is 0 Å². The molecule has 3 heteroatoms. The Bertz CT molecular complexity index is 201. The minimum atomic E-state index is -0.142. The van der Waals surface area contributed by atoms with Crippen molar-refractivity contribution in [1.29, 1.82) is 0 Å². The van der Waals surface area contributed by atoms with Crippen molar-refractivity contribution >= 4 is 0 Å². The van der Waals surface area contributed by atoms with E-state index >= 15 is 0 Å². The molecule has 2 fully saturated rings. The molecule has 0 aromatic rings. The summed E-state index contributed by atoms with van der Waals surface area (Å²) in [6.45, 7) is 5.18. The summed E-state index contributed by atoms with van der Waals surface area (Å²) in [6.07, 6.45) is 5.24. The molecular formula is C13H24O3. The lowest BCUT2D eigenvalue weighted by atomic mass is 9.79. The number of hydrogen-bond donors (Lipinski definition) is 1. The van der Waals surface area contributed by atoms with Crippen molar-refractivity contribution in [3.63, 3.8) is 0 Å². The summed E-state index contributed by atoms with van der Waals surface area (Å²) >= 11 is 0. The molecule has 0 radical (unpaired) electrons. The van der Waals surface area contributed by atoms with Gasteiger partial charge in [0.25, 0.3) is 0 Å². The molecule has 1 saturated heterocycles. The molecule has 1 aliphatic carbocycles. The van der Waals surface area contributed by atoms with E-state index in [1.807, 2.05) is 0 Å². The van der Waals surface area contributed by atoms with Crippen LogP contribution in [0, 0.1) is 11.8 Å². The summed E-state index contributed by atoms with van der Waals surface area (Å²) < 4.78 is 11.7. The first-order valence-corrected chi connectivity index (χ1v) is 6.62. The Morgan fingerprint density at radius 3 is 2.38 bits per heavy atom. The fourth-order valence-electron chi connectivity index (χ4n) is 3.05. The first-order valence-electron chi connectivity index (χ1n) is 6.62. The van der Waals surface area contributed by atoms with Gasteiger partial charge in [0, 0.05) is 6.61 Å². The Balaban J connectivity index is 1.86. The molecule has 0 amide bonds. The minimum absolute atomic E-state index is 0.00103. The summed E-state index contributed by atoms with van der Waals surface area (Å²) in [5, 5.41) is 9.69. The number of aliphatic hydroxyl groups excluding tert-OH is 1. The van der Waals surface area contributed by atoms with Crippen LogP contribution in [0.5, 0.6) is 0 Å². The van der Waals surface area contributed by atoms with E-state index in [1.165, 1.54) is 6.42 Å². The molecule has 0 bridgehead atoms. The Labute approximate surface area is 98.1 Å². The number of ether oxygens (including phenoxy) is 2. The summed E-state index contributed by atoms with van der Waals surface area (Å²) in [6, 6.07) is 0. The van der Waals surface area contributed by atoms with E-state index in [-0.39, 0.29) is 18.5 Å². The van der Waals surface area contributed by atoms with Gasteiger partial charge in [0.05, 0.1) is 12.2 Å². The van der Waals surface area contributed by atoms with Crippen molar-refractivity contribution in [2.45, 2.75) is 64.4 Å². The van der Waals surface area contributed by atoms with Gasteiger partial charge in [0.2, 0.25) is 0 Å². The fraction of sp³-hybridized carbons (Fsp3) is 1.00. The molecule has 5 atom stereocenters. The molecule has 0 aromatic heterocycles. The highest BCUT2D eigenvalue weighted by atomic mass is 16.7. The first-order chi connectivity index (χ1) is 7.66. The third-order valence-electron chi connectivity index (χ3n) is 3.86. The zero-order valence-electron chi connectivity index (χ0n) is 10.4. The van der Waals surface area contributed by atoms with Gasteiger partial charge < -0.3 is 14.6 Å². The predicted molar refractivity (Wildman–Crippen MR) is 62.0 cm³/mol. The van der Waals surface area contributed by atoms with Gasteiger partial charge >= 0.3 is 0 Å². The van der Waals surface area contributed by atoms with Crippen LogP contribution in [0.3, 0.4) is 0 Å². The largest absolute Gasteiger partial charge is 0.393 e. The van der Waals surface area contributed by atoms with Crippen molar-refractivity contribution in [3.8, 4) is 0 Å². The maximum absolute atomic E-state index is 9.69. The van der Waals surface area contributed by atoms with E-state index in [9.17, 15) is 5.11 Å². The topological polar surface area (TPSA) is 38.7 Å². The van der Waals surface area contributed by atoms with Crippen LogP contribution in [-0.2, 0) is 9.47 Å². The van der Waals surface area contributed by atoms with E-state index in [1.54, 1.807) is 0 Å². The maximum Gasteiger partial charge on any atom is 0.157 e. The van der Waals surface area contributed by atoms with E-state index in [0.717, 1.165) is 32.3 Å². The summed E-state index contributed by atoms with van der Waals surface area (Å²) in [4.78, 5) is 0. The molecule has 3 unspecified atom stereocenters. The third-order valence-corrected chi connectivity index (χ3v) is 3.86. The summed E-state index contributed by atoms with van der Waals surface area (Å²) in [5.74, 6) is 0.869. The van der Waals surface area contributed by atoms with Crippen molar-refractivity contribution in [1.82, 2.24) is 0 Å². The third kappa shape index (κ3) is 2.96. The molecule has 0 aromatic carbocycles. The first kappa shape index (κ1) is 12.3. The lowest BCUT2D eigenvalue weighted by Crippen LogP contribution is -2.41. The fourth-order valence-corrected chi connectivity index (χ4v) is 3.05. The second kappa shape index (κ2) is 5.48. The van der Waals surface area contributed by atoms with Gasteiger partial charge in [-0.3, -0.25) is 0 Å². The molecule has 1 saturated carbocycles. The maximum atomic E-state index is 9.69. The molecule has 1 aliphatic heterocycles. The van der Waals surface area contributed by atoms with Crippen LogP contribution in [0.2, 0.25) is 0 Å². The zero-order chi connectivity index (χ0) is 11.5. The standard InChI is InChI=1S/C13H24O3/c1-9-7-11(14)8-10(2)13(9)16-12-5-3-4-6-15-12/h9-14H,3-8H2,1-2H3/t9-,10+,11?,12?,13?. The van der Waals surface area contributed by atoms with Gasteiger partial charge in [-0.05, 0) is 43.9 Å². The summed E-state index contributed by atoms with van der Waals surface area (Å²) in [7, 11) is 0. The van der Waals surface area contributed by atoms with Crippen LogP contribution in [0.25, 0.3) is 0 Å². The van der Waals surface area contributed by atoms with Gasteiger partial charge in [0.15, 0.2) is 6.29 Å². The number of rotatable bonds is 2. The van der Waals surface area contributed by atoms with Crippen molar-refractivity contribution < 1.29 is 14.6 Å². The van der Waals surface area contributed by atoms with Crippen molar-refractivity contribution in [2.24, 2.45) is 11.8 Å². The van der Waals surface area contributed by atoms with Crippen LogP contribution in [-0.4, -0.2) is 30.2 Å². The minimum Gasteiger partial charge on any atom is -0.393 e. The van der Waals surface area contributed by atoms with Gasteiger partial charge in [-0.2, -0.15) is 0 Å². The number of hydrogen-bond acceptors (Lipinski definition) is 3. The molecule has 3 nitrogen and oxygen atoms in total. The smallest absolute Gasteiger partial charge is 0.157 e. The van der Waals surface area contributed by atoms with E-state index in [0.29, 0.717) is 11.8 Å². The van der Waals surface area contributed by atoms with Crippen LogP contribution in [0.1, 0.15) is 46.0 Å². The monoisotopic (exact) mass is 228 g/mol. The highest BCUT2D eigenvalue weighted by molar-refractivity contribution is 4.83. The van der Waals surface area contributed by atoms with Gasteiger partial charge in [-0.25, -0.2) is 0 Å². The zero-order valence-corrected chi connectivity index (χ0v) is 10.4. The molecule has 2 rings (SSSR count). The Kier molecular flexibility index (Phi) is 4.22. The number of aliphatic hydroxyl groups is 1. The predicted octanol–water partition coefficient (Wildman–Crippen LogP) is 2.33. The molecule has 2 aliphatic rings. The lowest BCUT2D eigenvalue weighted by molar-refractivity contribution is -0.217.